The van der Waals surface area contributed by atoms with E-state index in [2.05, 4.69) is 17.4 Å². The van der Waals surface area contributed by atoms with E-state index < -0.39 is 24.0 Å². The summed E-state index contributed by atoms with van der Waals surface area (Å²) >= 11 is 0. The van der Waals surface area contributed by atoms with Gasteiger partial charge in [-0.2, -0.15) is 0 Å². The molecule has 0 bridgehead atoms. The summed E-state index contributed by atoms with van der Waals surface area (Å²) in [6, 6.07) is 22.3. The van der Waals surface area contributed by atoms with Gasteiger partial charge in [-0.1, -0.05) is 73.7 Å². The molecular formula is C28H26N2O5. The number of aliphatic carboxylic acids is 1. The molecule has 0 fully saturated rings. The number of nitrogens with one attached hydrogen (secondary N) is 1. The van der Waals surface area contributed by atoms with Crippen LogP contribution in [0.2, 0.25) is 0 Å². The number of carboxylic acids is 1. The number of ether oxygens (including phenoxy) is 1. The van der Waals surface area contributed by atoms with Gasteiger partial charge in [-0.15, -0.1) is 0 Å². The van der Waals surface area contributed by atoms with E-state index in [4.69, 9.17) is 4.74 Å². The highest BCUT2D eigenvalue weighted by molar-refractivity contribution is 6.02. The Hall–Kier alpha value is -4.13. The highest BCUT2D eigenvalue weighted by atomic mass is 16.5. The number of amides is 2. The van der Waals surface area contributed by atoms with E-state index in [1.165, 1.54) is 4.90 Å². The molecule has 0 saturated heterocycles. The molecule has 35 heavy (non-hydrogen) atoms. The predicted octanol–water partition coefficient (Wildman–Crippen LogP) is 4.52. The Bertz CT molecular complexity index is 1260. The number of nitrogens with zero attached hydrogens (tertiary/aromatic N) is 1. The van der Waals surface area contributed by atoms with Crippen LogP contribution in [0.25, 0.3) is 11.1 Å². The molecule has 1 heterocycles. The maximum absolute atomic E-state index is 13.3. The molecule has 0 spiro atoms. The first-order valence-electron chi connectivity index (χ1n) is 11.7. The van der Waals surface area contributed by atoms with E-state index in [0.29, 0.717) is 17.7 Å². The minimum absolute atomic E-state index is 0.0381. The molecule has 7 heteroatoms. The smallest absolute Gasteiger partial charge is 0.407 e. The Morgan fingerprint density at radius 1 is 0.943 bits per heavy atom. The van der Waals surface area contributed by atoms with Crippen molar-refractivity contribution in [1.82, 2.24) is 5.32 Å². The molecule has 7 nitrogen and oxygen atoms in total. The summed E-state index contributed by atoms with van der Waals surface area (Å²) in [5.41, 5.74) is 5.66. The number of hydrogen-bond acceptors (Lipinski definition) is 4. The van der Waals surface area contributed by atoms with Gasteiger partial charge in [-0.3, -0.25) is 9.59 Å². The van der Waals surface area contributed by atoms with Gasteiger partial charge in [0.1, 0.15) is 18.6 Å². The fourth-order valence-electron chi connectivity index (χ4n) is 5.14. The van der Waals surface area contributed by atoms with Crippen LogP contribution in [0.5, 0.6) is 0 Å². The zero-order chi connectivity index (χ0) is 24.5. The van der Waals surface area contributed by atoms with Crippen molar-refractivity contribution >= 4 is 23.7 Å². The Morgan fingerprint density at radius 2 is 1.51 bits per heavy atom. The zero-order valence-electron chi connectivity index (χ0n) is 19.3. The molecule has 3 aromatic rings. The van der Waals surface area contributed by atoms with Crippen LogP contribution in [0.4, 0.5) is 10.5 Å². The van der Waals surface area contributed by atoms with Gasteiger partial charge in [0.15, 0.2) is 0 Å². The fourth-order valence-corrected chi connectivity index (χ4v) is 5.14. The SMILES string of the molecule is CCC(NC(=O)OCC1c2ccccc2-c2ccccc21)C(=O)N1CC(C(=O)O)c2ccccc21. The standard InChI is InChI=1S/C28H26N2O5/c1-2-24(26(31)30-15-22(27(32)33)21-13-7-8-14-25(21)30)29-28(34)35-16-23-19-11-5-3-9-17(19)18-10-4-6-12-20(18)23/h3-14,22-24H,2,15-16H2,1H3,(H,29,34)(H,32,33). The summed E-state index contributed by atoms with van der Waals surface area (Å²) in [7, 11) is 0. The third-order valence-electron chi connectivity index (χ3n) is 6.87. The lowest BCUT2D eigenvalue weighted by Crippen LogP contribution is -2.48. The van der Waals surface area contributed by atoms with E-state index in [9.17, 15) is 19.5 Å². The van der Waals surface area contributed by atoms with Gasteiger partial charge in [-0.25, -0.2) is 4.79 Å². The molecule has 2 unspecified atom stereocenters. The highest BCUT2D eigenvalue weighted by Gasteiger charge is 2.39. The van der Waals surface area contributed by atoms with Crippen LogP contribution in [-0.2, 0) is 14.3 Å². The van der Waals surface area contributed by atoms with E-state index in [1.807, 2.05) is 36.4 Å². The molecule has 178 valence electrons. The van der Waals surface area contributed by atoms with Gasteiger partial charge in [0.2, 0.25) is 5.91 Å². The number of alkyl carbamates (subject to hydrolysis) is 1. The molecule has 2 aliphatic rings. The lowest BCUT2D eigenvalue weighted by atomic mass is 9.98. The van der Waals surface area contributed by atoms with Crippen LogP contribution in [0.15, 0.2) is 72.8 Å². The fraction of sp³-hybridized carbons (Fsp3) is 0.250. The number of anilines is 1. The Morgan fingerprint density at radius 3 is 2.11 bits per heavy atom. The molecule has 3 aromatic carbocycles. The number of fused-ring (bicyclic) bond motifs is 4. The second-order valence-electron chi connectivity index (χ2n) is 8.83. The topological polar surface area (TPSA) is 95.9 Å². The number of hydrogen-bond donors (Lipinski definition) is 2. The first-order valence-corrected chi connectivity index (χ1v) is 11.7. The highest BCUT2D eigenvalue weighted by Crippen LogP contribution is 2.44. The van der Waals surface area contributed by atoms with Crippen molar-refractivity contribution in [2.45, 2.75) is 31.2 Å². The normalized spacial score (nSPS) is 16.7. The number of carbonyl (C=O) groups excluding carboxylic acids is 2. The van der Waals surface area contributed by atoms with Gasteiger partial charge < -0.3 is 20.1 Å². The van der Waals surface area contributed by atoms with Crippen LogP contribution in [-0.4, -0.2) is 42.3 Å². The predicted molar refractivity (Wildman–Crippen MR) is 131 cm³/mol. The van der Waals surface area contributed by atoms with Gasteiger partial charge in [0, 0.05) is 18.2 Å². The summed E-state index contributed by atoms with van der Waals surface area (Å²) in [5, 5.41) is 12.3. The minimum atomic E-state index is -0.981. The largest absolute Gasteiger partial charge is 0.481 e. The molecule has 2 amide bonds. The third-order valence-corrected chi connectivity index (χ3v) is 6.87. The van der Waals surface area contributed by atoms with Crippen LogP contribution < -0.4 is 10.2 Å². The Labute approximate surface area is 203 Å². The number of rotatable bonds is 6. The van der Waals surface area contributed by atoms with Crippen LogP contribution >= 0.6 is 0 Å². The summed E-state index contributed by atoms with van der Waals surface area (Å²) in [5.74, 6) is -2.20. The van der Waals surface area contributed by atoms with Crippen molar-refractivity contribution in [3.05, 3.63) is 89.5 Å². The van der Waals surface area contributed by atoms with Crippen LogP contribution in [0, 0.1) is 0 Å². The molecule has 1 aliphatic carbocycles. The number of benzene rings is 3. The van der Waals surface area contributed by atoms with Crippen molar-refractivity contribution in [1.29, 1.82) is 0 Å². The van der Waals surface area contributed by atoms with E-state index >= 15 is 0 Å². The third kappa shape index (κ3) is 4.03. The molecular weight excluding hydrogens is 444 g/mol. The molecule has 0 aromatic heterocycles. The van der Waals surface area contributed by atoms with Crippen molar-refractivity contribution in [3.8, 4) is 11.1 Å². The first-order chi connectivity index (χ1) is 17.0. The lowest BCUT2D eigenvalue weighted by molar-refractivity contribution is -0.138. The summed E-state index contributed by atoms with van der Waals surface area (Å²) < 4.78 is 5.60. The quantitative estimate of drug-likeness (QED) is 0.552. The molecule has 0 saturated carbocycles. The van der Waals surface area contributed by atoms with Crippen molar-refractivity contribution in [2.24, 2.45) is 0 Å². The first kappa shape index (κ1) is 22.7. The molecule has 2 atom stereocenters. The second-order valence-corrected chi connectivity index (χ2v) is 8.83. The summed E-state index contributed by atoms with van der Waals surface area (Å²) in [6.45, 7) is 1.98. The Kier molecular flexibility index (Phi) is 5.99. The monoisotopic (exact) mass is 470 g/mol. The molecule has 2 N–H and O–H groups in total. The average Bonchev–Trinajstić information content (AvgIpc) is 3.42. The van der Waals surface area contributed by atoms with Gasteiger partial charge in [-0.05, 0) is 40.3 Å². The minimum Gasteiger partial charge on any atom is -0.481 e. The van der Waals surface area contributed by atoms with Crippen molar-refractivity contribution in [3.63, 3.8) is 0 Å². The summed E-state index contributed by atoms with van der Waals surface area (Å²) in [6.07, 6.45) is -0.325. The molecule has 5 rings (SSSR count). The average molecular weight is 471 g/mol. The maximum Gasteiger partial charge on any atom is 0.407 e. The lowest BCUT2D eigenvalue weighted by Gasteiger charge is -2.24. The number of para-hydroxylation sites is 1. The molecule has 1 aliphatic heterocycles. The van der Waals surface area contributed by atoms with Gasteiger partial charge >= 0.3 is 12.1 Å². The number of carbonyl (C=O) groups is 3. The van der Waals surface area contributed by atoms with Crippen LogP contribution in [0.3, 0.4) is 0 Å². The van der Waals surface area contributed by atoms with E-state index in [-0.39, 0.29) is 25.0 Å². The van der Waals surface area contributed by atoms with Gasteiger partial charge in [0.05, 0.1) is 0 Å². The zero-order valence-corrected chi connectivity index (χ0v) is 19.3. The Balaban J connectivity index is 1.27. The van der Waals surface area contributed by atoms with Gasteiger partial charge in [0.25, 0.3) is 0 Å². The van der Waals surface area contributed by atoms with E-state index in [1.54, 1.807) is 31.2 Å². The number of carboxylic acid groups (broad SMARTS) is 1. The van der Waals surface area contributed by atoms with Crippen molar-refractivity contribution in [2.75, 3.05) is 18.1 Å². The second kappa shape index (κ2) is 9.25. The molecule has 0 radical (unpaired) electrons. The van der Waals surface area contributed by atoms with Crippen molar-refractivity contribution < 1.29 is 24.2 Å². The van der Waals surface area contributed by atoms with Crippen LogP contribution in [0.1, 0.15) is 41.9 Å². The summed E-state index contributed by atoms with van der Waals surface area (Å²) in [4.78, 5) is 39.2. The van der Waals surface area contributed by atoms with E-state index in [0.717, 1.165) is 22.3 Å². The maximum atomic E-state index is 13.3.